The van der Waals surface area contributed by atoms with E-state index < -0.39 is 0 Å². The van der Waals surface area contributed by atoms with E-state index in [1.807, 2.05) is 19.2 Å². The largest absolute Gasteiger partial charge is 0.497 e. The Kier molecular flexibility index (Phi) is 5.43. The Bertz CT molecular complexity index is 702. The van der Waals surface area contributed by atoms with E-state index in [1.165, 1.54) is 11.3 Å². The van der Waals surface area contributed by atoms with Crippen molar-refractivity contribution in [2.24, 2.45) is 0 Å². The minimum Gasteiger partial charge on any atom is -0.497 e. The van der Waals surface area contributed by atoms with Crippen molar-refractivity contribution in [2.45, 2.75) is 6.04 Å². The van der Waals surface area contributed by atoms with Crippen molar-refractivity contribution < 1.29 is 4.74 Å². The Morgan fingerprint density at radius 2 is 1.96 bits per heavy atom. The van der Waals surface area contributed by atoms with E-state index in [2.05, 4.69) is 79.8 Å². The van der Waals surface area contributed by atoms with Gasteiger partial charge in [-0.2, -0.15) is 0 Å². The van der Waals surface area contributed by atoms with Crippen molar-refractivity contribution in [2.75, 3.05) is 32.3 Å². The fourth-order valence-electron chi connectivity index (χ4n) is 2.91. The van der Waals surface area contributed by atoms with Crippen LogP contribution in [0.25, 0.3) is 0 Å². The second kappa shape index (κ2) is 7.73. The highest BCUT2D eigenvalue weighted by Gasteiger charge is 2.23. The van der Waals surface area contributed by atoms with Gasteiger partial charge in [-0.3, -0.25) is 0 Å². The molecule has 0 amide bonds. The predicted octanol–water partition coefficient (Wildman–Crippen LogP) is 3.97. The summed E-state index contributed by atoms with van der Waals surface area (Å²) in [5.74, 6) is 0.890. The third kappa shape index (κ3) is 3.74. The number of benzene rings is 2. The van der Waals surface area contributed by atoms with E-state index >= 15 is 0 Å². The maximum atomic E-state index is 5.38. The maximum Gasteiger partial charge on any atom is 0.119 e. The molecule has 2 aromatic rings. The van der Waals surface area contributed by atoms with Crippen molar-refractivity contribution in [3.63, 3.8) is 0 Å². The van der Waals surface area contributed by atoms with E-state index in [4.69, 9.17) is 4.74 Å². The van der Waals surface area contributed by atoms with Crippen LogP contribution in [-0.2, 0) is 0 Å². The zero-order chi connectivity index (χ0) is 16.9. The second-order valence-electron chi connectivity index (χ2n) is 5.75. The van der Waals surface area contributed by atoms with Crippen molar-refractivity contribution in [1.29, 1.82) is 0 Å². The summed E-state index contributed by atoms with van der Waals surface area (Å²) in [6.45, 7) is 1.69. The van der Waals surface area contributed by atoms with E-state index in [9.17, 15) is 0 Å². The molecule has 2 aromatic carbocycles. The molecule has 0 aliphatic carbocycles. The van der Waals surface area contributed by atoms with E-state index in [-0.39, 0.29) is 6.04 Å². The van der Waals surface area contributed by atoms with Crippen LogP contribution in [0.5, 0.6) is 5.75 Å². The van der Waals surface area contributed by atoms with Crippen LogP contribution < -0.4 is 15.0 Å². The number of anilines is 1. The summed E-state index contributed by atoms with van der Waals surface area (Å²) < 4.78 is 6.47. The number of likely N-dealkylation sites (N-methyl/N-ethyl adjacent to an activating group) is 1. The molecule has 1 aliphatic heterocycles. The quantitative estimate of drug-likeness (QED) is 0.811. The monoisotopic (exact) mass is 387 g/mol. The van der Waals surface area contributed by atoms with Gasteiger partial charge in [0.05, 0.1) is 19.8 Å². The zero-order valence-electron chi connectivity index (χ0n) is 13.9. The molecule has 24 heavy (non-hydrogen) atoms. The first-order valence-electron chi connectivity index (χ1n) is 7.96. The lowest BCUT2D eigenvalue weighted by Gasteiger charge is -2.30. The molecule has 1 N–H and O–H groups in total. The van der Waals surface area contributed by atoms with Gasteiger partial charge in [0.25, 0.3) is 0 Å². The Balaban J connectivity index is 1.78. The number of hydrogen-bond acceptors (Lipinski definition) is 4. The predicted molar refractivity (Wildman–Crippen MR) is 102 cm³/mol. The van der Waals surface area contributed by atoms with Crippen LogP contribution >= 0.6 is 15.9 Å². The molecule has 0 aromatic heterocycles. The minimum atomic E-state index is 0.252. The molecule has 1 heterocycles. The van der Waals surface area contributed by atoms with Crippen molar-refractivity contribution in [1.82, 2.24) is 10.2 Å². The van der Waals surface area contributed by atoms with E-state index in [0.717, 1.165) is 23.4 Å². The molecule has 1 atom stereocenters. The zero-order valence-corrected chi connectivity index (χ0v) is 15.5. The van der Waals surface area contributed by atoms with Gasteiger partial charge in [0.2, 0.25) is 0 Å². The van der Waals surface area contributed by atoms with Gasteiger partial charge in [0.1, 0.15) is 5.75 Å². The lowest BCUT2D eigenvalue weighted by molar-refractivity contribution is 0.295. The number of hydrogen-bond donors (Lipinski definition) is 1. The molecule has 1 aliphatic rings. The number of nitrogens with one attached hydrogen (secondary N) is 1. The summed E-state index contributed by atoms with van der Waals surface area (Å²) in [5.41, 5.74) is 2.43. The Hall–Kier alpha value is -1.98. The topological polar surface area (TPSA) is 27.7 Å². The third-order valence-corrected chi connectivity index (χ3v) is 4.72. The van der Waals surface area contributed by atoms with Gasteiger partial charge in [0.15, 0.2) is 0 Å². The molecule has 1 unspecified atom stereocenters. The first-order chi connectivity index (χ1) is 11.7. The first kappa shape index (κ1) is 16.9. The molecule has 0 saturated carbocycles. The summed E-state index contributed by atoms with van der Waals surface area (Å²) >= 11 is 3.49. The number of halogens is 1. The standard InChI is InChI=1S/C19H22BrN3O/c1-21-13-19(15-4-3-5-18(12-15)24-2)23-11-10-22(14-23)17-8-6-16(20)7-9-17/h3-12,19,21H,13-14H2,1-2H3. The first-order valence-corrected chi connectivity index (χ1v) is 8.75. The fraction of sp³-hybridized carbons (Fsp3) is 0.263. The molecule has 0 spiro atoms. The lowest BCUT2D eigenvalue weighted by atomic mass is 10.1. The molecule has 126 valence electrons. The summed E-state index contributed by atoms with van der Waals surface area (Å²) in [7, 11) is 3.69. The molecule has 0 bridgehead atoms. The number of ether oxygens (including phenoxy) is 1. The van der Waals surface area contributed by atoms with Gasteiger partial charge in [-0.05, 0) is 49.0 Å². The number of nitrogens with zero attached hydrogens (tertiary/aromatic N) is 2. The average Bonchev–Trinajstić information content (AvgIpc) is 3.10. The maximum absolute atomic E-state index is 5.38. The van der Waals surface area contributed by atoms with Crippen LogP contribution in [0.1, 0.15) is 11.6 Å². The lowest BCUT2D eigenvalue weighted by Crippen LogP contribution is -2.34. The van der Waals surface area contributed by atoms with Crippen molar-refractivity contribution in [3.8, 4) is 5.75 Å². The highest BCUT2D eigenvalue weighted by atomic mass is 79.9. The molecular formula is C19H22BrN3O. The molecule has 3 rings (SSSR count). The Labute approximate surface area is 151 Å². The molecule has 0 fully saturated rings. The summed E-state index contributed by atoms with van der Waals surface area (Å²) in [5, 5.41) is 3.30. The molecule has 0 radical (unpaired) electrons. The number of methoxy groups -OCH3 is 1. The van der Waals surface area contributed by atoms with Crippen LogP contribution in [0.3, 0.4) is 0 Å². The molecule has 0 saturated heterocycles. The summed E-state index contributed by atoms with van der Waals surface area (Å²) in [6, 6.07) is 16.9. The van der Waals surface area contributed by atoms with Crippen LogP contribution in [0.4, 0.5) is 5.69 Å². The molecule has 5 heteroatoms. The highest BCUT2D eigenvalue weighted by Crippen LogP contribution is 2.29. The molecular weight excluding hydrogens is 366 g/mol. The van der Waals surface area contributed by atoms with Gasteiger partial charge in [0, 0.05) is 29.1 Å². The van der Waals surface area contributed by atoms with Gasteiger partial charge in [-0.1, -0.05) is 28.1 Å². The number of rotatable bonds is 6. The van der Waals surface area contributed by atoms with E-state index in [0.29, 0.717) is 0 Å². The van der Waals surface area contributed by atoms with Gasteiger partial charge < -0.3 is 19.9 Å². The molecule has 4 nitrogen and oxygen atoms in total. The highest BCUT2D eigenvalue weighted by molar-refractivity contribution is 9.10. The Morgan fingerprint density at radius 3 is 2.67 bits per heavy atom. The Morgan fingerprint density at radius 1 is 1.17 bits per heavy atom. The van der Waals surface area contributed by atoms with Gasteiger partial charge in [-0.15, -0.1) is 0 Å². The normalized spacial score (nSPS) is 15.0. The average molecular weight is 388 g/mol. The SMILES string of the molecule is CNCC(c1cccc(OC)c1)N1C=CN(c2ccc(Br)cc2)C1. The van der Waals surface area contributed by atoms with E-state index in [1.54, 1.807) is 7.11 Å². The van der Waals surface area contributed by atoms with Crippen molar-refractivity contribution >= 4 is 21.6 Å². The second-order valence-corrected chi connectivity index (χ2v) is 6.67. The van der Waals surface area contributed by atoms with Crippen LogP contribution in [0.15, 0.2) is 65.4 Å². The smallest absolute Gasteiger partial charge is 0.119 e. The summed E-state index contributed by atoms with van der Waals surface area (Å²) in [6.07, 6.45) is 4.29. The van der Waals surface area contributed by atoms with Crippen LogP contribution in [0, 0.1) is 0 Å². The van der Waals surface area contributed by atoms with Crippen LogP contribution in [-0.4, -0.2) is 32.3 Å². The van der Waals surface area contributed by atoms with Crippen LogP contribution in [0.2, 0.25) is 0 Å². The minimum absolute atomic E-state index is 0.252. The van der Waals surface area contributed by atoms with Gasteiger partial charge in [-0.25, -0.2) is 0 Å². The van der Waals surface area contributed by atoms with Gasteiger partial charge >= 0.3 is 0 Å². The third-order valence-electron chi connectivity index (χ3n) is 4.19. The van der Waals surface area contributed by atoms with Crippen molar-refractivity contribution in [3.05, 3.63) is 71.0 Å². The summed E-state index contributed by atoms with van der Waals surface area (Å²) in [4.78, 5) is 4.59. The fourth-order valence-corrected chi connectivity index (χ4v) is 3.17.